The molecule has 1 saturated carbocycles. The molecule has 1 N–H and O–H groups in total. The molecule has 2 aromatic heterocycles. The number of carbonyl (C=O) groups excluding carboxylic acids is 1. The van der Waals surface area contributed by atoms with E-state index in [2.05, 4.69) is 5.32 Å². The second kappa shape index (κ2) is 7.91. The van der Waals surface area contributed by atoms with Gasteiger partial charge in [0.1, 0.15) is 0 Å². The van der Waals surface area contributed by atoms with Gasteiger partial charge in [-0.2, -0.15) is 5.10 Å². The van der Waals surface area contributed by atoms with Gasteiger partial charge in [-0.15, -0.1) is 0 Å². The molecule has 1 amide bonds. The molecule has 1 fully saturated rings. The summed E-state index contributed by atoms with van der Waals surface area (Å²) in [6, 6.07) is 13.1. The van der Waals surface area contributed by atoms with Crippen molar-refractivity contribution in [1.82, 2.24) is 14.8 Å². The Bertz CT molecular complexity index is 1390. The molecule has 0 radical (unpaired) electrons. The van der Waals surface area contributed by atoms with Crippen molar-refractivity contribution >= 4 is 45.8 Å². The van der Waals surface area contributed by atoms with Gasteiger partial charge in [-0.05, 0) is 75.1 Å². The van der Waals surface area contributed by atoms with Crippen LogP contribution >= 0.6 is 23.2 Å². The number of hydrogen-bond donors (Lipinski definition) is 1. The standard InChI is InChI=1S/C25H22Cl2N4O/c1-13-7-10-17(11-20(13)27)28-25(32)18-12-21(16-8-9-16)29-24-23(18)15(3)30-31(24)22-6-4-5-19(26)14(22)2/h4-7,10-12,16H,8-9H2,1-3H3,(H,28,32). The van der Waals surface area contributed by atoms with Crippen LogP contribution in [0.3, 0.4) is 0 Å². The summed E-state index contributed by atoms with van der Waals surface area (Å²) in [6.45, 7) is 5.79. The summed E-state index contributed by atoms with van der Waals surface area (Å²) >= 11 is 12.6. The predicted molar refractivity (Wildman–Crippen MR) is 129 cm³/mol. The second-order valence-corrected chi connectivity index (χ2v) is 9.18. The maximum Gasteiger partial charge on any atom is 0.256 e. The number of fused-ring (bicyclic) bond motifs is 1. The van der Waals surface area contributed by atoms with Crippen LogP contribution < -0.4 is 5.32 Å². The number of nitrogens with one attached hydrogen (secondary N) is 1. The van der Waals surface area contributed by atoms with Crippen LogP contribution in [0.15, 0.2) is 42.5 Å². The van der Waals surface area contributed by atoms with Crippen LogP contribution in [0.5, 0.6) is 0 Å². The van der Waals surface area contributed by atoms with Crippen molar-refractivity contribution in [3.05, 3.63) is 80.6 Å². The lowest BCUT2D eigenvalue weighted by Crippen LogP contribution is -2.14. The quantitative estimate of drug-likeness (QED) is 0.361. The number of aromatic nitrogens is 3. The number of amides is 1. The fraction of sp³-hybridized carbons (Fsp3) is 0.240. The summed E-state index contributed by atoms with van der Waals surface area (Å²) in [4.78, 5) is 18.3. The first-order chi connectivity index (χ1) is 15.3. The lowest BCUT2D eigenvalue weighted by Gasteiger charge is -2.11. The number of nitrogens with zero attached hydrogens (tertiary/aromatic N) is 3. The lowest BCUT2D eigenvalue weighted by molar-refractivity contribution is 0.102. The molecule has 0 aliphatic heterocycles. The summed E-state index contributed by atoms with van der Waals surface area (Å²) in [6.07, 6.45) is 2.16. The van der Waals surface area contributed by atoms with Gasteiger partial charge in [0.15, 0.2) is 5.65 Å². The van der Waals surface area contributed by atoms with Gasteiger partial charge < -0.3 is 5.32 Å². The molecule has 32 heavy (non-hydrogen) atoms. The SMILES string of the molecule is Cc1ccc(NC(=O)c2cc(C3CC3)nc3c2c(C)nn3-c2cccc(Cl)c2C)cc1Cl. The van der Waals surface area contributed by atoms with E-state index in [9.17, 15) is 4.79 Å². The molecule has 162 valence electrons. The number of carbonyl (C=O) groups is 1. The van der Waals surface area contributed by atoms with Gasteiger partial charge >= 0.3 is 0 Å². The van der Waals surface area contributed by atoms with Crippen molar-refractivity contribution in [2.24, 2.45) is 0 Å². The highest BCUT2D eigenvalue weighted by molar-refractivity contribution is 6.32. The minimum Gasteiger partial charge on any atom is -0.322 e. The summed E-state index contributed by atoms with van der Waals surface area (Å²) < 4.78 is 1.80. The Morgan fingerprint density at radius 2 is 1.84 bits per heavy atom. The summed E-state index contributed by atoms with van der Waals surface area (Å²) in [5.74, 6) is 0.175. The molecule has 2 heterocycles. The molecule has 5 rings (SSSR count). The van der Waals surface area contributed by atoms with E-state index in [1.54, 1.807) is 10.7 Å². The number of halogens is 2. The summed E-state index contributed by atoms with van der Waals surface area (Å²) in [5, 5.41) is 9.76. The molecule has 4 aromatic rings. The maximum absolute atomic E-state index is 13.4. The zero-order chi connectivity index (χ0) is 22.6. The van der Waals surface area contributed by atoms with Gasteiger partial charge in [0.2, 0.25) is 0 Å². The van der Waals surface area contributed by atoms with Crippen LogP contribution in [-0.4, -0.2) is 20.7 Å². The third-order valence-electron chi connectivity index (χ3n) is 5.97. The van der Waals surface area contributed by atoms with Gasteiger partial charge in [-0.3, -0.25) is 4.79 Å². The normalized spacial score (nSPS) is 13.5. The van der Waals surface area contributed by atoms with E-state index in [1.807, 2.05) is 57.2 Å². The molecule has 0 spiro atoms. The first-order valence-electron chi connectivity index (χ1n) is 10.6. The zero-order valence-electron chi connectivity index (χ0n) is 18.0. The average Bonchev–Trinajstić information content (AvgIpc) is 3.56. The number of benzene rings is 2. The molecule has 1 aliphatic rings. The Labute approximate surface area is 196 Å². The molecular formula is C25H22Cl2N4O. The maximum atomic E-state index is 13.4. The third-order valence-corrected chi connectivity index (χ3v) is 6.79. The Morgan fingerprint density at radius 1 is 1.06 bits per heavy atom. The van der Waals surface area contributed by atoms with Gasteiger partial charge in [0.05, 0.1) is 22.3 Å². The van der Waals surface area contributed by atoms with Crippen LogP contribution in [0, 0.1) is 20.8 Å². The monoisotopic (exact) mass is 464 g/mol. The minimum absolute atomic E-state index is 0.204. The lowest BCUT2D eigenvalue weighted by atomic mass is 10.1. The molecule has 7 heteroatoms. The highest BCUT2D eigenvalue weighted by Gasteiger charge is 2.29. The summed E-state index contributed by atoms with van der Waals surface area (Å²) in [7, 11) is 0. The van der Waals surface area contributed by atoms with Gasteiger partial charge in [-0.1, -0.05) is 35.3 Å². The number of aryl methyl sites for hydroxylation is 2. The average molecular weight is 465 g/mol. The van der Waals surface area contributed by atoms with Gasteiger partial charge in [0.25, 0.3) is 5.91 Å². The zero-order valence-corrected chi connectivity index (χ0v) is 19.6. The summed E-state index contributed by atoms with van der Waals surface area (Å²) in [5.41, 5.74) is 6.28. The van der Waals surface area contributed by atoms with Crippen LogP contribution in [0.1, 0.15) is 51.6 Å². The molecule has 0 saturated heterocycles. The highest BCUT2D eigenvalue weighted by atomic mass is 35.5. The van der Waals surface area contributed by atoms with E-state index < -0.39 is 0 Å². The Kier molecular flexibility index (Phi) is 5.19. The Balaban J connectivity index is 1.67. The number of pyridine rings is 1. The fourth-order valence-corrected chi connectivity index (χ4v) is 4.29. The highest BCUT2D eigenvalue weighted by Crippen LogP contribution is 2.41. The minimum atomic E-state index is -0.204. The molecular weight excluding hydrogens is 443 g/mol. The number of rotatable bonds is 4. The second-order valence-electron chi connectivity index (χ2n) is 8.37. The van der Waals surface area contributed by atoms with Gasteiger partial charge in [-0.25, -0.2) is 9.67 Å². The molecule has 0 unspecified atom stereocenters. The van der Waals surface area contributed by atoms with Crippen LogP contribution in [-0.2, 0) is 0 Å². The van der Waals surface area contributed by atoms with Crippen molar-refractivity contribution in [3.63, 3.8) is 0 Å². The van der Waals surface area contributed by atoms with Gasteiger partial charge in [0, 0.05) is 27.3 Å². The Morgan fingerprint density at radius 3 is 2.56 bits per heavy atom. The van der Waals surface area contributed by atoms with E-state index in [1.165, 1.54) is 0 Å². The van der Waals surface area contributed by atoms with Crippen molar-refractivity contribution in [1.29, 1.82) is 0 Å². The van der Waals surface area contributed by atoms with Crippen molar-refractivity contribution in [3.8, 4) is 5.69 Å². The third kappa shape index (κ3) is 3.65. The van der Waals surface area contributed by atoms with Crippen molar-refractivity contribution in [2.45, 2.75) is 39.5 Å². The van der Waals surface area contributed by atoms with E-state index >= 15 is 0 Å². The topological polar surface area (TPSA) is 59.8 Å². The van der Waals surface area contributed by atoms with E-state index in [0.29, 0.717) is 32.9 Å². The number of hydrogen-bond acceptors (Lipinski definition) is 3. The fourth-order valence-electron chi connectivity index (χ4n) is 3.94. The number of anilines is 1. The first-order valence-corrected chi connectivity index (χ1v) is 11.3. The van der Waals surface area contributed by atoms with Crippen LogP contribution in [0.25, 0.3) is 16.7 Å². The first kappa shape index (κ1) is 21.0. The smallest absolute Gasteiger partial charge is 0.256 e. The molecule has 1 aliphatic carbocycles. The largest absolute Gasteiger partial charge is 0.322 e. The predicted octanol–water partition coefficient (Wildman–Crippen LogP) is 6.78. The molecule has 0 atom stereocenters. The van der Waals surface area contributed by atoms with E-state index in [-0.39, 0.29) is 5.91 Å². The molecule has 0 bridgehead atoms. The van der Waals surface area contributed by atoms with Crippen LogP contribution in [0.4, 0.5) is 5.69 Å². The molecule has 5 nitrogen and oxygen atoms in total. The van der Waals surface area contributed by atoms with Crippen molar-refractivity contribution in [2.75, 3.05) is 5.32 Å². The molecule has 2 aromatic carbocycles. The van der Waals surface area contributed by atoms with Crippen LogP contribution in [0.2, 0.25) is 10.0 Å². The van der Waals surface area contributed by atoms with E-state index in [4.69, 9.17) is 33.3 Å². The van der Waals surface area contributed by atoms with Crippen molar-refractivity contribution < 1.29 is 4.79 Å². The van der Waals surface area contributed by atoms with E-state index in [0.717, 1.165) is 46.4 Å². The Hall–Kier alpha value is -2.89.